The van der Waals surface area contributed by atoms with Gasteiger partial charge < -0.3 is 0 Å². The van der Waals surface area contributed by atoms with Crippen molar-refractivity contribution in [3.63, 3.8) is 0 Å². The first-order valence-electron chi connectivity index (χ1n) is 8.25. The number of hydrogen-bond acceptors (Lipinski definition) is 3. The number of sulfonamides is 1. The molecule has 3 rings (SSSR count). The van der Waals surface area contributed by atoms with Crippen LogP contribution in [-0.4, -0.2) is 14.4 Å². The van der Waals surface area contributed by atoms with Gasteiger partial charge in [-0.1, -0.05) is 66.7 Å². The second-order valence-electron chi connectivity index (χ2n) is 5.67. The van der Waals surface area contributed by atoms with Gasteiger partial charge in [-0.2, -0.15) is 0 Å². The molecule has 0 atom stereocenters. The smallest absolute Gasteiger partial charge is 0.262 e. The second kappa shape index (κ2) is 8.33. The van der Waals surface area contributed by atoms with Crippen LogP contribution in [0.4, 0.5) is 16.2 Å². The Bertz CT molecular complexity index is 979. The van der Waals surface area contributed by atoms with Gasteiger partial charge in [0.1, 0.15) is 0 Å². The average molecular weight is 378 g/mol. The Morgan fingerprint density at radius 2 is 1.19 bits per heavy atom. The van der Waals surface area contributed by atoms with Crippen LogP contribution < -0.4 is 9.62 Å². The minimum atomic E-state index is -3.96. The number of hydrogen-bond donors (Lipinski definition) is 1. The van der Waals surface area contributed by atoms with Crippen LogP contribution in [0.25, 0.3) is 6.08 Å². The molecule has 3 aromatic rings. The maximum Gasteiger partial charge on any atom is 0.340 e. The molecule has 27 heavy (non-hydrogen) atoms. The van der Waals surface area contributed by atoms with Crippen molar-refractivity contribution >= 4 is 33.5 Å². The van der Waals surface area contributed by atoms with E-state index >= 15 is 0 Å². The molecule has 5 nitrogen and oxygen atoms in total. The summed E-state index contributed by atoms with van der Waals surface area (Å²) in [5, 5.41) is 0.981. The van der Waals surface area contributed by atoms with Crippen molar-refractivity contribution in [2.24, 2.45) is 0 Å². The summed E-state index contributed by atoms with van der Waals surface area (Å²) in [6, 6.07) is 25.9. The number of carbonyl (C=O) groups is 1. The Morgan fingerprint density at radius 1 is 0.741 bits per heavy atom. The largest absolute Gasteiger partial charge is 0.340 e. The third-order valence-electron chi connectivity index (χ3n) is 3.70. The summed E-state index contributed by atoms with van der Waals surface area (Å²) < 4.78 is 26.8. The van der Waals surface area contributed by atoms with Crippen LogP contribution in [-0.2, 0) is 10.0 Å². The van der Waals surface area contributed by atoms with Gasteiger partial charge in [0.05, 0.1) is 16.8 Å². The van der Waals surface area contributed by atoms with Crippen molar-refractivity contribution in [3.05, 3.63) is 102 Å². The normalized spacial score (nSPS) is 11.3. The number of urea groups is 1. The monoisotopic (exact) mass is 378 g/mol. The van der Waals surface area contributed by atoms with E-state index in [-0.39, 0.29) is 0 Å². The molecule has 0 heterocycles. The van der Waals surface area contributed by atoms with E-state index in [0.29, 0.717) is 11.4 Å². The molecule has 0 radical (unpaired) electrons. The van der Waals surface area contributed by atoms with Gasteiger partial charge in [-0.05, 0) is 35.9 Å². The van der Waals surface area contributed by atoms with E-state index in [4.69, 9.17) is 0 Å². The molecule has 0 saturated carbocycles. The maximum absolute atomic E-state index is 12.8. The van der Waals surface area contributed by atoms with Crippen molar-refractivity contribution in [1.29, 1.82) is 0 Å². The van der Waals surface area contributed by atoms with Gasteiger partial charge in [-0.3, -0.25) is 4.90 Å². The maximum atomic E-state index is 12.8. The van der Waals surface area contributed by atoms with Crippen LogP contribution >= 0.6 is 0 Å². The Balaban J connectivity index is 1.85. The van der Waals surface area contributed by atoms with Gasteiger partial charge in [0.25, 0.3) is 10.0 Å². The molecule has 1 N–H and O–H groups in total. The summed E-state index contributed by atoms with van der Waals surface area (Å²) in [5.74, 6) is 0. The molecular weight excluding hydrogens is 360 g/mol. The molecule has 0 unspecified atom stereocenters. The number of carbonyl (C=O) groups excluding carboxylic acids is 1. The summed E-state index contributed by atoms with van der Waals surface area (Å²) in [7, 11) is -3.96. The van der Waals surface area contributed by atoms with E-state index in [1.54, 1.807) is 72.8 Å². The van der Waals surface area contributed by atoms with Crippen LogP contribution in [0.1, 0.15) is 5.56 Å². The van der Waals surface area contributed by atoms with Gasteiger partial charge in [0.2, 0.25) is 0 Å². The number of anilines is 2. The van der Waals surface area contributed by atoms with Crippen molar-refractivity contribution in [3.8, 4) is 0 Å². The van der Waals surface area contributed by atoms with E-state index in [2.05, 4.69) is 4.72 Å². The highest BCUT2D eigenvalue weighted by Gasteiger charge is 2.21. The van der Waals surface area contributed by atoms with E-state index < -0.39 is 16.1 Å². The van der Waals surface area contributed by atoms with E-state index in [9.17, 15) is 13.2 Å². The standard InChI is InChI=1S/C21H18N2O3S/c24-21(22-27(25,26)17-16-18-10-4-1-5-11-18)23(19-12-6-2-7-13-19)20-14-8-3-9-15-20/h1-17H,(H,22,24)/b17-16+. The first kappa shape index (κ1) is 18.4. The van der Waals surface area contributed by atoms with Crippen LogP contribution in [0.15, 0.2) is 96.4 Å². The van der Waals surface area contributed by atoms with Gasteiger partial charge >= 0.3 is 6.03 Å². The Hall–Kier alpha value is -3.38. The van der Waals surface area contributed by atoms with E-state index in [1.165, 1.54) is 11.0 Å². The lowest BCUT2D eigenvalue weighted by Gasteiger charge is -2.22. The molecule has 0 aliphatic heterocycles. The highest BCUT2D eigenvalue weighted by Crippen LogP contribution is 2.25. The molecule has 0 aliphatic carbocycles. The first-order valence-corrected chi connectivity index (χ1v) is 9.80. The average Bonchev–Trinajstić information content (AvgIpc) is 2.69. The van der Waals surface area contributed by atoms with Crippen molar-refractivity contribution in [2.45, 2.75) is 0 Å². The molecule has 0 bridgehead atoms. The fraction of sp³-hybridized carbons (Fsp3) is 0. The predicted molar refractivity (Wildman–Crippen MR) is 108 cm³/mol. The summed E-state index contributed by atoms with van der Waals surface area (Å²) in [6.07, 6.45) is 1.44. The Morgan fingerprint density at radius 3 is 1.67 bits per heavy atom. The van der Waals surface area contributed by atoms with Gasteiger partial charge in [0, 0.05) is 0 Å². The van der Waals surface area contributed by atoms with Gasteiger partial charge in [-0.25, -0.2) is 17.9 Å². The lowest BCUT2D eigenvalue weighted by molar-refractivity contribution is 0.253. The third kappa shape index (κ3) is 5.05. The summed E-state index contributed by atoms with van der Waals surface area (Å²) in [4.78, 5) is 14.1. The molecular formula is C21H18N2O3S. The van der Waals surface area contributed by atoms with Crippen molar-refractivity contribution < 1.29 is 13.2 Å². The summed E-state index contributed by atoms with van der Waals surface area (Å²) in [5.41, 5.74) is 1.84. The minimum absolute atomic E-state index is 0.559. The summed E-state index contributed by atoms with van der Waals surface area (Å²) >= 11 is 0. The fourth-order valence-corrected chi connectivity index (χ4v) is 3.21. The Kier molecular flexibility index (Phi) is 5.68. The number of rotatable bonds is 5. The molecule has 0 aromatic heterocycles. The van der Waals surface area contributed by atoms with Crippen LogP contribution in [0.2, 0.25) is 0 Å². The second-order valence-corrected chi connectivity index (χ2v) is 7.24. The van der Waals surface area contributed by atoms with Gasteiger partial charge in [-0.15, -0.1) is 0 Å². The number of amides is 2. The van der Waals surface area contributed by atoms with Crippen LogP contribution in [0.3, 0.4) is 0 Å². The van der Waals surface area contributed by atoms with Crippen molar-refractivity contribution in [1.82, 2.24) is 4.72 Å². The zero-order chi connectivity index (χ0) is 19.1. The van der Waals surface area contributed by atoms with Crippen molar-refractivity contribution in [2.75, 3.05) is 4.90 Å². The SMILES string of the molecule is O=C(NS(=O)(=O)/C=C/c1ccccc1)N(c1ccccc1)c1ccccc1. The fourth-order valence-electron chi connectivity index (χ4n) is 2.47. The highest BCUT2D eigenvalue weighted by molar-refractivity contribution is 7.93. The van der Waals surface area contributed by atoms with Gasteiger partial charge in [0.15, 0.2) is 0 Å². The molecule has 0 saturated heterocycles. The first-order chi connectivity index (χ1) is 13.1. The minimum Gasteiger partial charge on any atom is -0.262 e. The summed E-state index contributed by atoms with van der Waals surface area (Å²) in [6.45, 7) is 0. The molecule has 2 amide bonds. The zero-order valence-electron chi connectivity index (χ0n) is 14.4. The Labute approximate surface area is 158 Å². The molecule has 136 valence electrons. The third-order valence-corrected chi connectivity index (χ3v) is 4.65. The lowest BCUT2D eigenvalue weighted by Crippen LogP contribution is -2.39. The number of benzene rings is 3. The number of para-hydroxylation sites is 2. The predicted octanol–water partition coefficient (Wildman–Crippen LogP) is 4.54. The molecule has 0 aliphatic rings. The molecule has 0 spiro atoms. The van der Waals surface area contributed by atoms with E-state index in [1.807, 2.05) is 18.2 Å². The molecule has 6 heteroatoms. The van der Waals surface area contributed by atoms with Crippen LogP contribution in [0.5, 0.6) is 0 Å². The number of nitrogens with zero attached hydrogens (tertiary/aromatic N) is 1. The molecule has 3 aromatic carbocycles. The topological polar surface area (TPSA) is 66.5 Å². The molecule has 0 fully saturated rings. The number of nitrogens with one attached hydrogen (secondary N) is 1. The van der Waals surface area contributed by atoms with E-state index in [0.717, 1.165) is 11.0 Å². The lowest BCUT2D eigenvalue weighted by atomic mass is 10.2. The quantitative estimate of drug-likeness (QED) is 0.709. The zero-order valence-corrected chi connectivity index (χ0v) is 15.2. The van der Waals surface area contributed by atoms with Crippen LogP contribution in [0, 0.1) is 0 Å². The highest BCUT2D eigenvalue weighted by atomic mass is 32.2.